The summed E-state index contributed by atoms with van der Waals surface area (Å²) in [6.45, 7) is 5.88. The number of fused-ring (bicyclic) bond motifs is 1. The van der Waals surface area contributed by atoms with Crippen molar-refractivity contribution in [3.8, 4) is 0 Å². The van der Waals surface area contributed by atoms with E-state index in [1.54, 1.807) is 4.68 Å². The molecular weight excluding hydrogens is 418 g/mol. The Kier molecular flexibility index (Phi) is 5.58. The smallest absolute Gasteiger partial charge is 0.255 e. The van der Waals surface area contributed by atoms with Crippen molar-refractivity contribution in [2.45, 2.75) is 32.0 Å². The van der Waals surface area contributed by atoms with Crippen LogP contribution in [0.3, 0.4) is 0 Å². The van der Waals surface area contributed by atoms with Gasteiger partial charge in [0.2, 0.25) is 11.1 Å². The van der Waals surface area contributed by atoms with Crippen LogP contribution in [0.2, 0.25) is 5.02 Å². The minimum atomic E-state index is -0.492. The fourth-order valence-electron chi connectivity index (χ4n) is 3.64. The number of hydrogen-bond acceptors (Lipinski definition) is 5. The molecule has 0 aliphatic carbocycles. The Morgan fingerprint density at radius 2 is 1.97 bits per heavy atom. The van der Waals surface area contributed by atoms with Gasteiger partial charge in [0.05, 0.1) is 5.57 Å². The van der Waals surface area contributed by atoms with Gasteiger partial charge in [-0.2, -0.15) is 4.98 Å². The quantitative estimate of drug-likeness (QED) is 0.547. The molecule has 0 fully saturated rings. The van der Waals surface area contributed by atoms with E-state index < -0.39 is 6.04 Å². The Hall–Kier alpha value is -2.77. The Labute approximate surface area is 184 Å². The Morgan fingerprint density at radius 3 is 2.67 bits per heavy atom. The first-order valence-electron chi connectivity index (χ1n) is 9.50. The van der Waals surface area contributed by atoms with E-state index in [1.807, 2.05) is 69.5 Å². The predicted octanol–water partition coefficient (Wildman–Crippen LogP) is 5.20. The molecule has 8 heteroatoms. The van der Waals surface area contributed by atoms with Crippen LogP contribution in [0.25, 0.3) is 0 Å². The number of carbonyl (C=O) groups is 1. The first-order chi connectivity index (χ1) is 14.4. The molecule has 0 unspecified atom stereocenters. The largest absolute Gasteiger partial charge is 0.328 e. The molecule has 1 aliphatic rings. The van der Waals surface area contributed by atoms with E-state index in [0.29, 0.717) is 21.7 Å². The van der Waals surface area contributed by atoms with Crippen molar-refractivity contribution in [3.05, 3.63) is 75.4 Å². The lowest BCUT2D eigenvalue weighted by molar-refractivity contribution is -0.113. The lowest BCUT2D eigenvalue weighted by Gasteiger charge is -2.29. The van der Waals surface area contributed by atoms with Crippen molar-refractivity contribution in [2.75, 3.05) is 16.9 Å². The molecule has 2 heterocycles. The summed E-state index contributed by atoms with van der Waals surface area (Å²) < 4.78 is 1.73. The highest BCUT2D eigenvalue weighted by molar-refractivity contribution is 7.98. The number of halogens is 1. The maximum atomic E-state index is 13.5. The minimum Gasteiger partial charge on any atom is -0.328 e. The highest BCUT2D eigenvalue weighted by atomic mass is 35.5. The molecule has 0 saturated heterocycles. The van der Waals surface area contributed by atoms with Crippen molar-refractivity contribution in [1.82, 2.24) is 14.8 Å². The normalized spacial score (nSPS) is 15.6. The third kappa shape index (κ3) is 3.70. The Morgan fingerprint density at radius 1 is 1.20 bits per heavy atom. The van der Waals surface area contributed by atoms with Gasteiger partial charge in [0.25, 0.3) is 5.91 Å². The Bertz CT molecular complexity index is 1170. The molecule has 0 saturated carbocycles. The first kappa shape index (κ1) is 20.5. The molecular formula is C22H22ClN5OS. The molecule has 2 N–H and O–H groups in total. The zero-order valence-corrected chi connectivity index (χ0v) is 18.7. The molecule has 30 heavy (non-hydrogen) atoms. The summed E-state index contributed by atoms with van der Waals surface area (Å²) in [6, 6.07) is 13.0. The van der Waals surface area contributed by atoms with Crippen LogP contribution in [0.5, 0.6) is 0 Å². The molecule has 154 valence electrons. The van der Waals surface area contributed by atoms with Crippen LogP contribution in [0.4, 0.5) is 11.6 Å². The number of amides is 1. The summed E-state index contributed by atoms with van der Waals surface area (Å²) in [4.78, 5) is 18.0. The summed E-state index contributed by atoms with van der Waals surface area (Å²) in [5, 5.41) is 12.1. The van der Waals surface area contributed by atoms with Gasteiger partial charge in [-0.05, 0) is 44.7 Å². The number of nitrogens with zero attached hydrogens (tertiary/aromatic N) is 3. The predicted molar refractivity (Wildman–Crippen MR) is 122 cm³/mol. The van der Waals surface area contributed by atoms with E-state index in [9.17, 15) is 4.79 Å². The van der Waals surface area contributed by atoms with Gasteiger partial charge in [-0.3, -0.25) is 4.79 Å². The number of thioether (sulfide) groups is 1. The average molecular weight is 440 g/mol. The van der Waals surface area contributed by atoms with Crippen LogP contribution in [0.15, 0.2) is 58.9 Å². The molecule has 2 aromatic carbocycles. The van der Waals surface area contributed by atoms with Crippen LogP contribution < -0.4 is 10.6 Å². The fraction of sp³-hybridized carbons (Fsp3) is 0.227. The van der Waals surface area contributed by atoms with Crippen molar-refractivity contribution >= 4 is 40.9 Å². The summed E-state index contributed by atoms with van der Waals surface area (Å²) in [5.74, 6) is 0.383. The number of hydrogen-bond donors (Lipinski definition) is 2. The van der Waals surface area contributed by atoms with Crippen molar-refractivity contribution in [2.24, 2.45) is 0 Å². The van der Waals surface area contributed by atoms with E-state index in [1.165, 1.54) is 11.8 Å². The molecule has 1 aliphatic heterocycles. The second-order valence-corrected chi connectivity index (χ2v) is 8.41. The summed E-state index contributed by atoms with van der Waals surface area (Å²) in [7, 11) is 0. The van der Waals surface area contributed by atoms with Crippen LogP contribution in [0, 0.1) is 13.8 Å². The van der Waals surface area contributed by atoms with E-state index in [-0.39, 0.29) is 5.91 Å². The van der Waals surface area contributed by atoms with Gasteiger partial charge < -0.3 is 10.6 Å². The maximum absolute atomic E-state index is 13.5. The minimum absolute atomic E-state index is 0.205. The summed E-state index contributed by atoms with van der Waals surface area (Å²) in [6.07, 6.45) is 1.92. The standard InChI is InChI=1S/C22H22ClN5OS/c1-12-9-10-17(13(2)11-12)25-20(29)18-14(3)24-21-26-22(30-4)27-28(21)19(18)15-7-5-6-8-16(15)23/h5-11,19H,1-4H3,(H,25,29)(H,24,26,27)/t19-/m1/s1. The zero-order valence-electron chi connectivity index (χ0n) is 17.2. The van der Waals surface area contributed by atoms with Gasteiger partial charge in [0.1, 0.15) is 6.04 Å². The van der Waals surface area contributed by atoms with E-state index >= 15 is 0 Å². The summed E-state index contributed by atoms with van der Waals surface area (Å²) >= 11 is 7.99. The molecule has 0 radical (unpaired) electrons. The van der Waals surface area contributed by atoms with E-state index in [0.717, 1.165) is 28.1 Å². The van der Waals surface area contributed by atoms with Gasteiger partial charge in [-0.1, -0.05) is 59.3 Å². The van der Waals surface area contributed by atoms with Crippen LogP contribution >= 0.6 is 23.4 Å². The van der Waals surface area contributed by atoms with Gasteiger partial charge >= 0.3 is 0 Å². The first-order valence-corrected chi connectivity index (χ1v) is 11.1. The summed E-state index contributed by atoms with van der Waals surface area (Å²) in [5.41, 5.74) is 4.99. The molecule has 1 atom stereocenters. The number of benzene rings is 2. The van der Waals surface area contributed by atoms with Gasteiger partial charge in [-0.15, -0.1) is 5.10 Å². The number of aromatic nitrogens is 3. The molecule has 6 nitrogen and oxygen atoms in total. The van der Waals surface area contributed by atoms with Crippen LogP contribution in [0.1, 0.15) is 29.7 Å². The molecule has 0 spiro atoms. The second kappa shape index (κ2) is 8.16. The molecule has 3 aromatic rings. The van der Waals surface area contributed by atoms with E-state index in [2.05, 4.69) is 20.7 Å². The molecule has 0 bridgehead atoms. The van der Waals surface area contributed by atoms with Crippen molar-refractivity contribution in [3.63, 3.8) is 0 Å². The Balaban J connectivity index is 1.81. The lowest BCUT2D eigenvalue weighted by Crippen LogP contribution is -2.31. The van der Waals surface area contributed by atoms with Gasteiger partial charge in [0, 0.05) is 22.0 Å². The van der Waals surface area contributed by atoms with Crippen molar-refractivity contribution < 1.29 is 4.79 Å². The molecule has 4 rings (SSSR count). The second-order valence-electron chi connectivity index (χ2n) is 7.23. The topological polar surface area (TPSA) is 71.8 Å². The van der Waals surface area contributed by atoms with Crippen molar-refractivity contribution in [1.29, 1.82) is 0 Å². The fourth-order valence-corrected chi connectivity index (χ4v) is 4.23. The highest BCUT2D eigenvalue weighted by Crippen LogP contribution is 2.39. The highest BCUT2D eigenvalue weighted by Gasteiger charge is 2.35. The molecule has 1 amide bonds. The molecule has 1 aromatic heterocycles. The maximum Gasteiger partial charge on any atom is 0.255 e. The number of rotatable bonds is 4. The number of aryl methyl sites for hydroxylation is 2. The van der Waals surface area contributed by atoms with Crippen LogP contribution in [-0.4, -0.2) is 26.9 Å². The number of anilines is 2. The van der Waals surface area contributed by atoms with Gasteiger partial charge in [-0.25, -0.2) is 4.68 Å². The van der Waals surface area contributed by atoms with E-state index in [4.69, 9.17) is 11.6 Å². The monoisotopic (exact) mass is 439 g/mol. The third-order valence-corrected chi connectivity index (χ3v) is 5.97. The number of nitrogens with one attached hydrogen (secondary N) is 2. The van der Waals surface area contributed by atoms with Gasteiger partial charge in [0.15, 0.2) is 0 Å². The third-order valence-electron chi connectivity index (χ3n) is 5.09. The number of carbonyl (C=O) groups excluding carboxylic acids is 1. The lowest BCUT2D eigenvalue weighted by atomic mass is 9.95. The zero-order chi connectivity index (χ0) is 21.4. The average Bonchev–Trinajstić information content (AvgIpc) is 3.12. The SMILES string of the molecule is CSc1nc2n(n1)[C@H](c1ccccc1Cl)C(C(=O)Nc1ccc(C)cc1C)=C(C)N2. The van der Waals surface area contributed by atoms with Crippen LogP contribution in [-0.2, 0) is 4.79 Å². The number of allylic oxidation sites excluding steroid dienone is 1.